The maximum atomic E-state index is 9.15. The number of hydrogen-bond acceptors (Lipinski definition) is 5. The Hall–Kier alpha value is -0.200. The Balaban J connectivity index is 2.52. The van der Waals surface area contributed by atoms with Gasteiger partial charge in [-0.15, -0.1) is 0 Å². The molecule has 0 aromatic carbocycles. The lowest BCUT2D eigenvalue weighted by Gasteiger charge is -2.33. The van der Waals surface area contributed by atoms with Crippen molar-refractivity contribution in [3.8, 4) is 0 Å². The van der Waals surface area contributed by atoms with Crippen LogP contribution in [0.25, 0.3) is 0 Å². The zero-order valence-electron chi connectivity index (χ0n) is 6.17. The molecule has 1 heterocycles. The van der Waals surface area contributed by atoms with Crippen molar-refractivity contribution in [1.82, 2.24) is 0 Å². The largest absolute Gasteiger partial charge is 0.388 e. The molecule has 2 unspecified atom stereocenters. The Morgan fingerprint density at radius 3 is 2.45 bits per heavy atom. The fraction of sp³-hybridized carbons (Fsp3) is 1.00. The minimum Gasteiger partial charge on any atom is -0.388 e. The lowest BCUT2D eigenvalue weighted by molar-refractivity contribution is -0.261. The first kappa shape index (κ1) is 8.89. The molecule has 0 aliphatic carbocycles. The van der Waals surface area contributed by atoms with Crippen molar-refractivity contribution in [2.45, 2.75) is 24.6 Å². The van der Waals surface area contributed by atoms with Gasteiger partial charge in [-0.2, -0.15) is 0 Å². The monoisotopic (exact) mass is 164 g/mol. The van der Waals surface area contributed by atoms with Gasteiger partial charge in [0.05, 0.1) is 6.61 Å². The summed E-state index contributed by atoms with van der Waals surface area (Å²) in [5.74, 6) is 0. The predicted octanol–water partition coefficient (Wildman–Crippen LogP) is -1.93. The number of aliphatic hydroxyl groups excluding tert-OH is 3. The summed E-state index contributed by atoms with van der Waals surface area (Å²) >= 11 is 0. The SMILES string of the molecule is CO[C@H]1OC[C@H](O)C(O)C1O. The van der Waals surface area contributed by atoms with Gasteiger partial charge in [0.15, 0.2) is 6.29 Å². The van der Waals surface area contributed by atoms with Crippen molar-refractivity contribution < 1.29 is 24.8 Å². The molecule has 1 rings (SSSR count). The normalized spacial score (nSPS) is 45.8. The summed E-state index contributed by atoms with van der Waals surface area (Å²) in [5.41, 5.74) is 0. The summed E-state index contributed by atoms with van der Waals surface area (Å²) in [6.45, 7) is -0.0171. The van der Waals surface area contributed by atoms with Crippen LogP contribution >= 0.6 is 0 Å². The molecule has 0 spiro atoms. The third-order valence-corrected chi connectivity index (χ3v) is 1.69. The predicted molar refractivity (Wildman–Crippen MR) is 34.8 cm³/mol. The van der Waals surface area contributed by atoms with Crippen LogP contribution in [0.3, 0.4) is 0 Å². The molecular formula is C6H12O5. The summed E-state index contributed by atoms with van der Waals surface area (Å²) < 4.78 is 9.52. The Morgan fingerprint density at radius 2 is 1.91 bits per heavy atom. The molecule has 0 radical (unpaired) electrons. The standard InChI is InChI=1S/C6H12O5/c1-10-6-5(9)4(8)3(7)2-11-6/h3-9H,2H2,1H3/t3-,4?,5?,6-/m0/s1. The fourth-order valence-corrected chi connectivity index (χ4v) is 0.987. The Bertz CT molecular complexity index is 126. The van der Waals surface area contributed by atoms with Crippen LogP contribution in [0.2, 0.25) is 0 Å². The fourth-order valence-electron chi connectivity index (χ4n) is 0.987. The van der Waals surface area contributed by atoms with Crippen molar-refractivity contribution >= 4 is 0 Å². The minimum absolute atomic E-state index is 0.0171. The molecule has 0 bridgehead atoms. The molecule has 0 aromatic heterocycles. The number of methoxy groups -OCH3 is 1. The van der Waals surface area contributed by atoms with Gasteiger partial charge in [0.1, 0.15) is 18.3 Å². The van der Waals surface area contributed by atoms with E-state index in [4.69, 9.17) is 20.1 Å². The van der Waals surface area contributed by atoms with E-state index < -0.39 is 24.6 Å². The molecule has 66 valence electrons. The number of hydrogen-bond donors (Lipinski definition) is 3. The van der Waals surface area contributed by atoms with E-state index in [2.05, 4.69) is 4.74 Å². The van der Waals surface area contributed by atoms with Gasteiger partial charge in [-0.1, -0.05) is 0 Å². The van der Waals surface area contributed by atoms with Crippen molar-refractivity contribution in [1.29, 1.82) is 0 Å². The highest BCUT2D eigenvalue weighted by Crippen LogP contribution is 2.15. The molecule has 0 saturated carbocycles. The average Bonchev–Trinajstić information content (AvgIpc) is 2.01. The van der Waals surface area contributed by atoms with Gasteiger partial charge in [-0.3, -0.25) is 0 Å². The zero-order chi connectivity index (χ0) is 8.43. The summed E-state index contributed by atoms with van der Waals surface area (Å²) in [7, 11) is 1.36. The first-order valence-corrected chi connectivity index (χ1v) is 3.35. The quantitative estimate of drug-likeness (QED) is 0.420. The molecule has 5 nitrogen and oxygen atoms in total. The molecule has 4 atom stereocenters. The summed E-state index contributed by atoms with van der Waals surface area (Å²) in [5, 5.41) is 27.2. The summed E-state index contributed by atoms with van der Waals surface area (Å²) in [6.07, 6.45) is -4.23. The van der Waals surface area contributed by atoms with Gasteiger partial charge in [-0.05, 0) is 0 Å². The van der Waals surface area contributed by atoms with E-state index in [1.165, 1.54) is 7.11 Å². The molecule has 3 N–H and O–H groups in total. The van der Waals surface area contributed by atoms with Crippen LogP contribution in [0, 0.1) is 0 Å². The number of ether oxygens (including phenoxy) is 2. The summed E-state index contributed by atoms with van der Waals surface area (Å²) in [4.78, 5) is 0. The highest BCUT2D eigenvalue weighted by Gasteiger charge is 2.37. The minimum atomic E-state index is -1.19. The molecule has 5 heteroatoms. The maximum Gasteiger partial charge on any atom is 0.185 e. The molecule has 1 aliphatic rings. The van der Waals surface area contributed by atoms with Crippen LogP contribution < -0.4 is 0 Å². The third kappa shape index (κ3) is 1.69. The second kappa shape index (κ2) is 3.46. The van der Waals surface area contributed by atoms with Crippen molar-refractivity contribution in [3.05, 3.63) is 0 Å². The van der Waals surface area contributed by atoms with Crippen molar-refractivity contribution in [2.24, 2.45) is 0 Å². The van der Waals surface area contributed by atoms with E-state index in [9.17, 15) is 0 Å². The second-order valence-corrected chi connectivity index (χ2v) is 2.49. The van der Waals surface area contributed by atoms with E-state index >= 15 is 0 Å². The maximum absolute atomic E-state index is 9.15. The summed E-state index contributed by atoms with van der Waals surface area (Å²) in [6, 6.07) is 0. The molecule has 1 aliphatic heterocycles. The van der Waals surface area contributed by atoms with Crippen molar-refractivity contribution in [3.63, 3.8) is 0 Å². The van der Waals surface area contributed by atoms with E-state index in [0.717, 1.165) is 0 Å². The first-order chi connectivity index (χ1) is 5.16. The molecule has 11 heavy (non-hydrogen) atoms. The molecule has 0 aromatic rings. The number of rotatable bonds is 1. The van der Waals surface area contributed by atoms with E-state index in [-0.39, 0.29) is 6.61 Å². The third-order valence-electron chi connectivity index (χ3n) is 1.69. The molecule has 1 saturated heterocycles. The van der Waals surface area contributed by atoms with Crippen LogP contribution in [-0.2, 0) is 9.47 Å². The van der Waals surface area contributed by atoms with Crippen LogP contribution in [0.15, 0.2) is 0 Å². The highest BCUT2D eigenvalue weighted by atomic mass is 16.7. The molecule has 0 amide bonds. The van der Waals surface area contributed by atoms with Crippen molar-refractivity contribution in [2.75, 3.05) is 13.7 Å². The van der Waals surface area contributed by atoms with E-state index in [1.54, 1.807) is 0 Å². The van der Waals surface area contributed by atoms with Crippen LogP contribution in [0.4, 0.5) is 0 Å². The Labute approximate surface area is 64.2 Å². The Morgan fingerprint density at radius 1 is 1.27 bits per heavy atom. The smallest absolute Gasteiger partial charge is 0.185 e. The van der Waals surface area contributed by atoms with E-state index in [1.807, 2.05) is 0 Å². The molecule has 1 fully saturated rings. The van der Waals surface area contributed by atoms with Gasteiger partial charge in [0.25, 0.3) is 0 Å². The van der Waals surface area contributed by atoms with Gasteiger partial charge in [0.2, 0.25) is 0 Å². The van der Waals surface area contributed by atoms with Gasteiger partial charge in [0, 0.05) is 7.11 Å². The van der Waals surface area contributed by atoms with Crippen LogP contribution in [-0.4, -0.2) is 53.6 Å². The van der Waals surface area contributed by atoms with Crippen LogP contribution in [0.1, 0.15) is 0 Å². The van der Waals surface area contributed by atoms with Crippen LogP contribution in [0.5, 0.6) is 0 Å². The Kier molecular flexibility index (Phi) is 2.80. The number of aliphatic hydroxyl groups is 3. The molecular weight excluding hydrogens is 152 g/mol. The van der Waals surface area contributed by atoms with Gasteiger partial charge >= 0.3 is 0 Å². The first-order valence-electron chi connectivity index (χ1n) is 3.35. The van der Waals surface area contributed by atoms with E-state index in [0.29, 0.717) is 0 Å². The zero-order valence-corrected chi connectivity index (χ0v) is 6.17. The lowest BCUT2D eigenvalue weighted by atomic mass is 10.1. The average molecular weight is 164 g/mol. The topological polar surface area (TPSA) is 79.2 Å². The van der Waals surface area contributed by atoms with Gasteiger partial charge in [-0.25, -0.2) is 0 Å². The second-order valence-electron chi connectivity index (χ2n) is 2.49. The lowest BCUT2D eigenvalue weighted by Crippen LogP contribution is -2.53. The highest BCUT2D eigenvalue weighted by molar-refractivity contribution is 4.81. The van der Waals surface area contributed by atoms with Gasteiger partial charge < -0.3 is 24.8 Å².